The molecule has 114 valence electrons. The van der Waals surface area contributed by atoms with Crippen LogP contribution in [0, 0.1) is 5.92 Å². The summed E-state index contributed by atoms with van der Waals surface area (Å²) in [6.07, 6.45) is 15.4. The zero-order chi connectivity index (χ0) is 13.8. The summed E-state index contributed by atoms with van der Waals surface area (Å²) in [6.45, 7) is 4.23. The third-order valence-electron chi connectivity index (χ3n) is 4.52. The lowest BCUT2D eigenvalue weighted by atomic mass is 9.94. The Balaban J connectivity index is 1.88. The average Bonchev–Trinajstić information content (AvgIpc) is 2.95. The molecule has 0 aromatic carbocycles. The van der Waals surface area contributed by atoms with E-state index < -0.39 is 0 Å². The smallest absolute Gasteiger partial charge is 0.0509 e. The lowest BCUT2D eigenvalue weighted by molar-refractivity contribution is 0.176. The van der Waals surface area contributed by atoms with Gasteiger partial charge < -0.3 is 10.1 Å². The maximum absolute atomic E-state index is 5.49. The molecule has 1 aliphatic rings. The second-order valence-electron chi connectivity index (χ2n) is 6.14. The number of unbranched alkanes of at least 4 members (excludes halogenated alkanes) is 8. The zero-order valence-electron chi connectivity index (χ0n) is 13.3. The van der Waals surface area contributed by atoms with Gasteiger partial charge in [-0.15, -0.1) is 0 Å². The summed E-state index contributed by atoms with van der Waals surface area (Å²) in [4.78, 5) is 0. The molecule has 0 spiro atoms. The van der Waals surface area contributed by atoms with Crippen molar-refractivity contribution < 1.29 is 4.74 Å². The van der Waals surface area contributed by atoms with Crippen molar-refractivity contribution >= 4 is 0 Å². The van der Waals surface area contributed by atoms with Gasteiger partial charge in [0.05, 0.1) is 6.61 Å². The molecule has 1 heterocycles. The standard InChI is InChI=1S/C17H35NO/c1-3-4-5-6-7-8-9-10-11-12-17(18-2)16-13-14-19-15-16/h16-18H,3-15H2,1-2H3. The lowest BCUT2D eigenvalue weighted by Gasteiger charge is -2.21. The molecule has 1 rings (SSSR count). The van der Waals surface area contributed by atoms with E-state index in [1.807, 2.05) is 0 Å². The van der Waals surface area contributed by atoms with E-state index in [0.29, 0.717) is 6.04 Å². The van der Waals surface area contributed by atoms with Crippen LogP contribution >= 0.6 is 0 Å². The summed E-state index contributed by atoms with van der Waals surface area (Å²) in [5.41, 5.74) is 0. The minimum absolute atomic E-state index is 0.687. The highest BCUT2D eigenvalue weighted by molar-refractivity contribution is 4.78. The van der Waals surface area contributed by atoms with Crippen LogP contribution in [0.1, 0.15) is 77.6 Å². The molecule has 2 unspecified atom stereocenters. The van der Waals surface area contributed by atoms with E-state index in [9.17, 15) is 0 Å². The molecule has 2 atom stereocenters. The summed E-state index contributed by atoms with van der Waals surface area (Å²) < 4.78 is 5.49. The van der Waals surface area contributed by atoms with Crippen LogP contribution in [-0.4, -0.2) is 26.3 Å². The predicted octanol–water partition coefficient (Wildman–Crippen LogP) is 4.53. The van der Waals surface area contributed by atoms with Crippen molar-refractivity contribution in [3.63, 3.8) is 0 Å². The first kappa shape index (κ1) is 17.0. The fourth-order valence-corrected chi connectivity index (χ4v) is 3.16. The Morgan fingerprint density at radius 3 is 2.16 bits per heavy atom. The van der Waals surface area contributed by atoms with Gasteiger partial charge in [0, 0.05) is 12.6 Å². The topological polar surface area (TPSA) is 21.3 Å². The van der Waals surface area contributed by atoms with Gasteiger partial charge in [0.1, 0.15) is 0 Å². The molecule has 2 nitrogen and oxygen atoms in total. The summed E-state index contributed by atoms with van der Waals surface area (Å²) in [5.74, 6) is 0.763. The number of nitrogens with one attached hydrogen (secondary N) is 1. The van der Waals surface area contributed by atoms with Gasteiger partial charge >= 0.3 is 0 Å². The van der Waals surface area contributed by atoms with Gasteiger partial charge in [-0.05, 0) is 25.8 Å². The molecule has 0 amide bonds. The third-order valence-corrected chi connectivity index (χ3v) is 4.52. The second kappa shape index (κ2) is 11.7. The van der Waals surface area contributed by atoms with Gasteiger partial charge in [-0.2, -0.15) is 0 Å². The van der Waals surface area contributed by atoms with E-state index in [4.69, 9.17) is 4.74 Å². The highest BCUT2D eigenvalue weighted by Gasteiger charge is 2.23. The molecule has 19 heavy (non-hydrogen) atoms. The van der Waals surface area contributed by atoms with Crippen LogP contribution in [-0.2, 0) is 4.74 Å². The molecular weight excluding hydrogens is 234 g/mol. The van der Waals surface area contributed by atoms with E-state index >= 15 is 0 Å². The number of hydrogen-bond donors (Lipinski definition) is 1. The normalized spacial score (nSPS) is 20.8. The summed E-state index contributed by atoms with van der Waals surface area (Å²) in [7, 11) is 2.11. The van der Waals surface area contributed by atoms with Crippen LogP contribution in [0.3, 0.4) is 0 Å². The Morgan fingerprint density at radius 1 is 1.00 bits per heavy atom. The Kier molecular flexibility index (Phi) is 10.5. The van der Waals surface area contributed by atoms with Gasteiger partial charge in [0.25, 0.3) is 0 Å². The van der Waals surface area contributed by atoms with Crippen molar-refractivity contribution in [2.75, 3.05) is 20.3 Å². The summed E-state index contributed by atoms with van der Waals surface area (Å²) in [6, 6.07) is 0.687. The average molecular weight is 269 g/mol. The fraction of sp³-hybridized carbons (Fsp3) is 1.00. The van der Waals surface area contributed by atoms with Crippen molar-refractivity contribution in [3.05, 3.63) is 0 Å². The largest absolute Gasteiger partial charge is 0.381 e. The van der Waals surface area contributed by atoms with Crippen molar-refractivity contribution in [1.82, 2.24) is 5.32 Å². The molecule has 1 aliphatic heterocycles. The van der Waals surface area contributed by atoms with Crippen LogP contribution in [0.2, 0.25) is 0 Å². The summed E-state index contributed by atoms with van der Waals surface area (Å²) >= 11 is 0. The van der Waals surface area contributed by atoms with Gasteiger partial charge in [0.15, 0.2) is 0 Å². The molecule has 0 aromatic heterocycles. The minimum atomic E-state index is 0.687. The highest BCUT2D eigenvalue weighted by atomic mass is 16.5. The van der Waals surface area contributed by atoms with E-state index in [0.717, 1.165) is 19.1 Å². The Morgan fingerprint density at radius 2 is 1.63 bits per heavy atom. The first-order valence-electron chi connectivity index (χ1n) is 8.63. The lowest BCUT2D eigenvalue weighted by Crippen LogP contribution is -2.33. The molecule has 2 heteroatoms. The number of hydrogen-bond acceptors (Lipinski definition) is 2. The zero-order valence-corrected chi connectivity index (χ0v) is 13.3. The second-order valence-corrected chi connectivity index (χ2v) is 6.14. The number of ether oxygens (including phenoxy) is 1. The van der Waals surface area contributed by atoms with Gasteiger partial charge in [-0.1, -0.05) is 64.7 Å². The predicted molar refractivity (Wildman–Crippen MR) is 83.6 cm³/mol. The molecule has 1 saturated heterocycles. The first-order chi connectivity index (χ1) is 9.38. The van der Waals surface area contributed by atoms with E-state index in [1.165, 1.54) is 70.6 Å². The Hall–Kier alpha value is -0.0800. The monoisotopic (exact) mass is 269 g/mol. The maximum atomic E-state index is 5.49. The van der Waals surface area contributed by atoms with Crippen molar-refractivity contribution in [2.24, 2.45) is 5.92 Å². The molecule has 0 bridgehead atoms. The van der Waals surface area contributed by atoms with E-state index in [1.54, 1.807) is 0 Å². The fourth-order valence-electron chi connectivity index (χ4n) is 3.16. The molecule has 0 radical (unpaired) electrons. The van der Waals surface area contributed by atoms with Crippen molar-refractivity contribution in [3.8, 4) is 0 Å². The van der Waals surface area contributed by atoms with Crippen molar-refractivity contribution in [1.29, 1.82) is 0 Å². The van der Waals surface area contributed by atoms with Crippen LogP contribution < -0.4 is 5.32 Å². The van der Waals surface area contributed by atoms with Gasteiger partial charge in [-0.3, -0.25) is 0 Å². The number of rotatable bonds is 12. The van der Waals surface area contributed by atoms with Gasteiger partial charge in [0.2, 0.25) is 0 Å². The highest BCUT2D eigenvalue weighted by Crippen LogP contribution is 2.21. The molecular formula is C17H35NO. The van der Waals surface area contributed by atoms with Crippen LogP contribution in [0.25, 0.3) is 0 Å². The van der Waals surface area contributed by atoms with Crippen LogP contribution in [0.5, 0.6) is 0 Å². The summed E-state index contributed by atoms with van der Waals surface area (Å²) in [5, 5.41) is 3.49. The molecule has 1 fully saturated rings. The molecule has 0 saturated carbocycles. The van der Waals surface area contributed by atoms with Crippen LogP contribution in [0.15, 0.2) is 0 Å². The van der Waals surface area contributed by atoms with Crippen molar-refractivity contribution in [2.45, 2.75) is 83.6 Å². The van der Waals surface area contributed by atoms with E-state index in [-0.39, 0.29) is 0 Å². The molecule has 0 aliphatic carbocycles. The minimum Gasteiger partial charge on any atom is -0.381 e. The first-order valence-corrected chi connectivity index (χ1v) is 8.63. The Bertz CT molecular complexity index is 190. The Labute approximate surface area is 120 Å². The third kappa shape index (κ3) is 7.94. The molecule has 0 aromatic rings. The quantitative estimate of drug-likeness (QED) is 0.525. The van der Waals surface area contributed by atoms with Gasteiger partial charge in [-0.25, -0.2) is 0 Å². The SMILES string of the molecule is CCCCCCCCCCCC(NC)C1CCOC1. The van der Waals surface area contributed by atoms with E-state index in [2.05, 4.69) is 19.3 Å². The van der Waals surface area contributed by atoms with Crippen LogP contribution in [0.4, 0.5) is 0 Å². The maximum Gasteiger partial charge on any atom is 0.0509 e. The molecule has 1 N–H and O–H groups in total.